The number of hydrogen-bond acceptors (Lipinski definition) is 2. The zero-order valence-corrected chi connectivity index (χ0v) is 11.2. The molecule has 0 radical (unpaired) electrons. The molecule has 1 saturated carbocycles. The molecule has 1 fully saturated rings. The van der Waals surface area contributed by atoms with Gasteiger partial charge < -0.3 is 5.73 Å². The molecule has 0 spiro atoms. The van der Waals surface area contributed by atoms with Gasteiger partial charge in [0.15, 0.2) is 0 Å². The van der Waals surface area contributed by atoms with Crippen LogP contribution in [0.15, 0.2) is 23.1 Å². The SMILES string of the molecule is CSc1ccc(C2(CN)CCCCC2)cc1F. The Kier molecular flexibility index (Phi) is 4.10. The Balaban J connectivity index is 2.33. The van der Waals surface area contributed by atoms with Crippen molar-refractivity contribution in [3.8, 4) is 0 Å². The predicted octanol–water partition coefficient (Wildman–Crippen LogP) is 3.71. The van der Waals surface area contributed by atoms with Crippen LogP contribution in [0.1, 0.15) is 37.7 Å². The van der Waals surface area contributed by atoms with E-state index in [1.54, 1.807) is 6.07 Å². The molecule has 2 rings (SSSR count). The summed E-state index contributed by atoms with van der Waals surface area (Å²) in [6.07, 6.45) is 7.81. The molecule has 1 nitrogen and oxygen atoms in total. The van der Waals surface area contributed by atoms with Crippen molar-refractivity contribution < 1.29 is 4.39 Å². The van der Waals surface area contributed by atoms with E-state index in [1.165, 1.54) is 31.0 Å². The third-order valence-corrected chi connectivity index (χ3v) is 4.74. The predicted molar refractivity (Wildman–Crippen MR) is 72.0 cm³/mol. The highest BCUT2D eigenvalue weighted by molar-refractivity contribution is 7.98. The minimum atomic E-state index is -0.103. The summed E-state index contributed by atoms with van der Waals surface area (Å²) in [6, 6.07) is 5.65. The van der Waals surface area contributed by atoms with E-state index in [9.17, 15) is 4.39 Å². The van der Waals surface area contributed by atoms with Crippen LogP contribution in [-0.4, -0.2) is 12.8 Å². The van der Waals surface area contributed by atoms with Gasteiger partial charge in [-0.1, -0.05) is 25.3 Å². The van der Waals surface area contributed by atoms with Gasteiger partial charge >= 0.3 is 0 Å². The summed E-state index contributed by atoms with van der Waals surface area (Å²) < 4.78 is 13.9. The van der Waals surface area contributed by atoms with Crippen LogP contribution in [0.2, 0.25) is 0 Å². The van der Waals surface area contributed by atoms with E-state index in [0.717, 1.165) is 23.3 Å². The van der Waals surface area contributed by atoms with Crippen molar-refractivity contribution in [1.82, 2.24) is 0 Å². The summed E-state index contributed by atoms with van der Waals surface area (Å²) in [5, 5.41) is 0. The first kappa shape index (κ1) is 12.9. The number of hydrogen-bond donors (Lipinski definition) is 1. The molecule has 1 aliphatic rings. The summed E-state index contributed by atoms with van der Waals surface area (Å²) in [5.74, 6) is -0.103. The second kappa shape index (κ2) is 5.40. The first-order chi connectivity index (χ1) is 8.22. The lowest BCUT2D eigenvalue weighted by molar-refractivity contribution is 0.299. The molecule has 0 atom stereocenters. The van der Waals surface area contributed by atoms with Gasteiger partial charge in [0.25, 0.3) is 0 Å². The third kappa shape index (κ3) is 2.50. The Morgan fingerprint density at radius 1 is 1.29 bits per heavy atom. The maximum atomic E-state index is 13.9. The van der Waals surface area contributed by atoms with E-state index in [0.29, 0.717) is 6.54 Å². The van der Waals surface area contributed by atoms with Crippen molar-refractivity contribution >= 4 is 11.8 Å². The summed E-state index contributed by atoms with van der Waals surface area (Å²) in [4.78, 5) is 0.719. The zero-order chi connectivity index (χ0) is 12.3. The lowest BCUT2D eigenvalue weighted by Crippen LogP contribution is -2.37. The lowest BCUT2D eigenvalue weighted by Gasteiger charge is -2.37. The van der Waals surface area contributed by atoms with Crippen LogP contribution in [0.4, 0.5) is 4.39 Å². The molecule has 0 heterocycles. The average molecular weight is 253 g/mol. The second-order valence-corrected chi connectivity index (χ2v) is 5.74. The molecular weight excluding hydrogens is 233 g/mol. The second-order valence-electron chi connectivity index (χ2n) is 4.89. The fraction of sp³-hybridized carbons (Fsp3) is 0.571. The van der Waals surface area contributed by atoms with Gasteiger partial charge in [-0.05, 0) is 36.8 Å². The van der Waals surface area contributed by atoms with Crippen LogP contribution < -0.4 is 5.73 Å². The fourth-order valence-electron chi connectivity index (χ4n) is 2.84. The summed E-state index contributed by atoms with van der Waals surface area (Å²) in [5.41, 5.74) is 7.08. The minimum Gasteiger partial charge on any atom is -0.330 e. The van der Waals surface area contributed by atoms with Gasteiger partial charge in [0.2, 0.25) is 0 Å². The molecular formula is C14H20FNS. The van der Waals surface area contributed by atoms with Crippen LogP contribution >= 0.6 is 11.8 Å². The average Bonchev–Trinajstić information content (AvgIpc) is 2.39. The van der Waals surface area contributed by atoms with Crippen molar-refractivity contribution in [2.45, 2.75) is 42.4 Å². The quantitative estimate of drug-likeness (QED) is 0.831. The fourth-order valence-corrected chi connectivity index (χ4v) is 3.29. The maximum Gasteiger partial charge on any atom is 0.137 e. The van der Waals surface area contributed by atoms with E-state index in [2.05, 4.69) is 6.07 Å². The number of nitrogens with two attached hydrogens (primary N) is 1. The summed E-state index contributed by atoms with van der Waals surface area (Å²) >= 11 is 1.45. The Morgan fingerprint density at radius 3 is 2.53 bits per heavy atom. The molecule has 3 heteroatoms. The Hall–Kier alpha value is -0.540. The van der Waals surface area contributed by atoms with Gasteiger partial charge in [-0.15, -0.1) is 11.8 Å². The van der Waals surface area contributed by atoms with Gasteiger partial charge in [-0.2, -0.15) is 0 Å². The van der Waals surface area contributed by atoms with Crippen molar-refractivity contribution in [2.75, 3.05) is 12.8 Å². The van der Waals surface area contributed by atoms with Crippen LogP contribution in [0.3, 0.4) is 0 Å². The standard InChI is InChI=1S/C14H20FNS/c1-17-13-6-5-11(9-12(13)15)14(10-16)7-3-2-4-8-14/h5-6,9H,2-4,7-8,10,16H2,1H3. The van der Waals surface area contributed by atoms with Crippen molar-refractivity contribution in [3.05, 3.63) is 29.6 Å². The number of rotatable bonds is 3. The molecule has 1 aliphatic carbocycles. The summed E-state index contributed by atoms with van der Waals surface area (Å²) in [7, 11) is 0. The molecule has 0 saturated heterocycles. The van der Waals surface area contributed by atoms with Crippen molar-refractivity contribution in [2.24, 2.45) is 5.73 Å². The molecule has 17 heavy (non-hydrogen) atoms. The van der Waals surface area contributed by atoms with Gasteiger partial charge in [-0.25, -0.2) is 4.39 Å². The van der Waals surface area contributed by atoms with Crippen LogP contribution in [0, 0.1) is 5.82 Å². The largest absolute Gasteiger partial charge is 0.330 e. The van der Waals surface area contributed by atoms with Crippen molar-refractivity contribution in [3.63, 3.8) is 0 Å². The molecule has 1 aromatic rings. The zero-order valence-electron chi connectivity index (χ0n) is 10.3. The Labute approximate surface area is 107 Å². The highest BCUT2D eigenvalue weighted by Gasteiger charge is 2.32. The van der Waals surface area contributed by atoms with E-state index in [4.69, 9.17) is 5.73 Å². The monoisotopic (exact) mass is 253 g/mol. The van der Waals surface area contributed by atoms with Gasteiger partial charge in [0.1, 0.15) is 5.82 Å². The first-order valence-corrected chi connectivity index (χ1v) is 7.48. The third-order valence-electron chi connectivity index (χ3n) is 3.97. The molecule has 1 aromatic carbocycles. The van der Waals surface area contributed by atoms with E-state index < -0.39 is 0 Å². The molecule has 2 N–H and O–H groups in total. The number of halogens is 1. The highest BCUT2D eigenvalue weighted by atomic mass is 32.2. The van der Waals surface area contributed by atoms with Gasteiger partial charge in [-0.3, -0.25) is 0 Å². The normalized spacial score (nSPS) is 19.2. The first-order valence-electron chi connectivity index (χ1n) is 6.26. The number of benzene rings is 1. The molecule has 0 amide bonds. The highest BCUT2D eigenvalue weighted by Crippen LogP contribution is 2.39. The Bertz CT molecular complexity index is 386. The molecule has 94 valence electrons. The molecule has 0 aromatic heterocycles. The van der Waals surface area contributed by atoms with Crippen LogP contribution in [0.25, 0.3) is 0 Å². The number of thioether (sulfide) groups is 1. The topological polar surface area (TPSA) is 26.0 Å². The van der Waals surface area contributed by atoms with Crippen LogP contribution in [-0.2, 0) is 5.41 Å². The van der Waals surface area contributed by atoms with Crippen molar-refractivity contribution in [1.29, 1.82) is 0 Å². The minimum absolute atomic E-state index is 0.0238. The van der Waals surface area contributed by atoms with E-state index in [-0.39, 0.29) is 11.2 Å². The molecule has 0 unspecified atom stereocenters. The smallest absolute Gasteiger partial charge is 0.137 e. The van der Waals surface area contributed by atoms with E-state index >= 15 is 0 Å². The van der Waals surface area contributed by atoms with Gasteiger partial charge in [0.05, 0.1) is 0 Å². The van der Waals surface area contributed by atoms with Gasteiger partial charge in [0, 0.05) is 16.9 Å². The summed E-state index contributed by atoms with van der Waals surface area (Å²) in [6.45, 7) is 0.630. The lowest BCUT2D eigenvalue weighted by atomic mass is 9.69. The van der Waals surface area contributed by atoms with Crippen LogP contribution in [0.5, 0.6) is 0 Å². The maximum absolute atomic E-state index is 13.9. The van der Waals surface area contributed by atoms with E-state index in [1.807, 2.05) is 12.3 Å². The Morgan fingerprint density at radius 2 is 2.00 bits per heavy atom. The molecule has 0 bridgehead atoms. The molecule has 0 aliphatic heterocycles.